The van der Waals surface area contributed by atoms with Crippen molar-refractivity contribution in [1.29, 1.82) is 0 Å². The third kappa shape index (κ3) is 10.4. The summed E-state index contributed by atoms with van der Waals surface area (Å²) in [5.41, 5.74) is 2.69. The maximum absolute atomic E-state index is 13.9. The molecule has 1 saturated heterocycles. The van der Waals surface area contributed by atoms with Gasteiger partial charge in [0.25, 0.3) is 0 Å². The maximum atomic E-state index is 13.9. The van der Waals surface area contributed by atoms with Gasteiger partial charge in [-0.1, -0.05) is 56.0 Å². The number of nitrogens with one attached hydrogen (secondary N) is 1. The van der Waals surface area contributed by atoms with Crippen LogP contribution in [0.3, 0.4) is 0 Å². The van der Waals surface area contributed by atoms with Crippen LogP contribution in [0.2, 0.25) is 0 Å². The van der Waals surface area contributed by atoms with E-state index in [1.807, 2.05) is 11.8 Å². The number of ether oxygens (including phenoxy) is 2. The smallest absolute Gasteiger partial charge is 0.467 e. The normalized spacial score (nSPS) is 20.6. The van der Waals surface area contributed by atoms with E-state index in [0.717, 1.165) is 50.7 Å². The van der Waals surface area contributed by atoms with Crippen molar-refractivity contribution in [2.45, 2.75) is 89.8 Å². The summed E-state index contributed by atoms with van der Waals surface area (Å²) in [6.45, 7) is 5.25. The molecule has 9 nitrogen and oxygen atoms in total. The summed E-state index contributed by atoms with van der Waals surface area (Å²) >= 11 is 0. The number of rotatable bonds is 11. The lowest BCUT2D eigenvalue weighted by Crippen LogP contribution is -2.62. The van der Waals surface area contributed by atoms with Crippen molar-refractivity contribution < 1.29 is 42.1 Å². The summed E-state index contributed by atoms with van der Waals surface area (Å²) in [5.74, 6) is -0.311. The molecule has 1 atom stereocenters. The zero-order valence-corrected chi connectivity index (χ0v) is 26.1. The van der Waals surface area contributed by atoms with Gasteiger partial charge in [-0.05, 0) is 74.8 Å². The van der Waals surface area contributed by atoms with E-state index in [1.54, 1.807) is 4.90 Å². The minimum Gasteiger partial charge on any atom is -0.467 e. The van der Waals surface area contributed by atoms with Gasteiger partial charge in [0.15, 0.2) is 6.10 Å². The number of alkyl halides is 3. The first-order chi connectivity index (χ1) is 21.4. The second kappa shape index (κ2) is 16.5. The van der Waals surface area contributed by atoms with E-state index in [4.69, 9.17) is 5.11 Å². The third-order valence-electron chi connectivity index (χ3n) is 8.55. The number of aliphatic hydroxyl groups is 1. The highest BCUT2D eigenvalue weighted by Gasteiger charge is 2.47. The predicted octanol–water partition coefficient (Wildman–Crippen LogP) is 6.11. The number of aliphatic hydroxyl groups excluding tert-OH is 1. The number of hydrogen-bond donors (Lipinski definition) is 2. The second-order valence-corrected chi connectivity index (χ2v) is 11.7. The summed E-state index contributed by atoms with van der Waals surface area (Å²) in [7, 11) is 1.16. The molecule has 3 amide bonds. The molecule has 2 aliphatic rings. The molecule has 2 aromatic rings. The first kappa shape index (κ1) is 35.7. The van der Waals surface area contributed by atoms with Crippen LogP contribution in [0.15, 0.2) is 48.5 Å². The van der Waals surface area contributed by atoms with Crippen LogP contribution in [0.4, 0.5) is 23.7 Å². The molecule has 1 spiro atoms. The first-order valence-corrected chi connectivity index (χ1v) is 15.3. The fourth-order valence-electron chi connectivity index (χ4n) is 5.97. The zero-order chi connectivity index (χ0) is 33.0. The van der Waals surface area contributed by atoms with Crippen LogP contribution in [0, 0.1) is 12.8 Å². The van der Waals surface area contributed by atoms with Crippen molar-refractivity contribution in [2.24, 2.45) is 5.92 Å². The molecule has 1 unspecified atom stereocenters. The van der Waals surface area contributed by atoms with Crippen molar-refractivity contribution in [3.8, 4) is 5.75 Å². The van der Waals surface area contributed by atoms with E-state index in [2.05, 4.69) is 46.0 Å². The summed E-state index contributed by atoms with van der Waals surface area (Å²) in [6, 6.07) is 13.8. The predicted molar refractivity (Wildman–Crippen MR) is 164 cm³/mol. The molecule has 2 N–H and O–H groups in total. The van der Waals surface area contributed by atoms with Gasteiger partial charge in [0, 0.05) is 24.3 Å². The van der Waals surface area contributed by atoms with Crippen LogP contribution in [0.1, 0.15) is 69.4 Å². The van der Waals surface area contributed by atoms with Gasteiger partial charge in [-0.2, -0.15) is 0 Å². The van der Waals surface area contributed by atoms with Crippen LogP contribution in [-0.4, -0.2) is 66.6 Å². The SMILES string of the molecule is CCCCC1CCC2(CC1)CCN(c1ccc(OC(F)(F)F)cc1)C(=O)N2Cc1ccc(C)cc1.COC(=O)C(O)CNC=O. The number of nitrogens with zero attached hydrogens (tertiary/aromatic N) is 2. The molecular formula is C33H44F3N3O6. The Morgan fingerprint density at radius 2 is 1.76 bits per heavy atom. The minimum atomic E-state index is -4.74. The van der Waals surface area contributed by atoms with Crippen molar-refractivity contribution >= 4 is 24.1 Å². The Bertz CT molecular complexity index is 1230. The van der Waals surface area contributed by atoms with E-state index < -0.39 is 18.4 Å². The number of benzene rings is 2. The lowest BCUT2D eigenvalue weighted by Gasteiger charge is -2.53. The lowest BCUT2D eigenvalue weighted by molar-refractivity contribution is -0.274. The average molecular weight is 636 g/mol. The number of aryl methyl sites for hydroxylation is 1. The van der Waals surface area contributed by atoms with Crippen LogP contribution in [0.25, 0.3) is 0 Å². The molecule has 4 rings (SSSR count). The Balaban J connectivity index is 0.000000477. The van der Waals surface area contributed by atoms with Gasteiger partial charge in [0.2, 0.25) is 6.41 Å². The molecule has 248 valence electrons. The Morgan fingerprint density at radius 1 is 1.11 bits per heavy atom. The number of urea groups is 1. The van der Waals surface area contributed by atoms with E-state index in [0.29, 0.717) is 25.2 Å². The van der Waals surface area contributed by atoms with Gasteiger partial charge in [0.1, 0.15) is 5.75 Å². The topological polar surface area (TPSA) is 108 Å². The highest BCUT2D eigenvalue weighted by Crippen LogP contribution is 2.44. The van der Waals surface area contributed by atoms with Gasteiger partial charge >= 0.3 is 18.4 Å². The fraction of sp³-hybridized carbons (Fsp3) is 0.545. The Morgan fingerprint density at radius 3 is 2.31 bits per heavy atom. The summed E-state index contributed by atoms with van der Waals surface area (Å²) < 4.78 is 45.8. The molecule has 0 radical (unpaired) electrons. The van der Waals surface area contributed by atoms with Crippen molar-refractivity contribution in [1.82, 2.24) is 10.2 Å². The second-order valence-electron chi connectivity index (χ2n) is 11.7. The van der Waals surface area contributed by atoms with Gasteiger partial charge < -0.3 is 24.8 Å². The highest BCUT2D eigenvalue weighted by atomic mass is 19.4. The van der Waals surface area contributed by atoms with Crippen LogP contribution in [0.5, 0.6) is 5.75 Å². The molecule has 1 heterocycles. The molecule has 1 saturated carbocycles. The molecule has 45 heavy (non-hydrogen) atoms. The lowest BCUT2D eigenvalue weighted by atomic mass is 9.71. The number of amides is 3. The Hall–Kier alpha value is -3.80. The first-order valence-electron chi connectivity index (χ1n) is 15.3. The number of methoxy groups -OCH3 is 1. The molecule has 1 aliphatic heterocycles. The monoisotopic (exact) mass is 635 g/mol. The van der Waals surface area contributed by atoms with Crippen LogP contribution >= 0.6 is 0 Å². The zero-order valence-electron chi connectivity index (χ0n) is 26.1. The number of unbranched alkanes of at least 4 members (excludes halogenated alkanes) is 1. The molecular weight excluding hydrogens is 591 g/mol. The van der Waals surface area contributed by atoms with Gasteiger partial charge in [0.05, 0.1) is 13.7 Å². The molecule has 1 aliphatic carbocycles. The molecule has 2 fully saturated rings. The third-order valence-corrected chi connectivity index (χ3v) is 8.55. The highest BCUT2D eigenvalue weighted by molar-refractivity contribution is 5.93. The Kier molecular flexibility index (Phi) is 13.1. The summed E-state index contributed by atoms with van der Waals surface area (Å²) in [5, 5.41) is 10.9. The van der Waals surface area contributed by atoms with E-state index in [1.165, 1.54) is 49.1 Å². The Labute approximate surface area is 262 Å². The van der Waals surface area contributed by atoms with Crippen LogP contribution in [-0.2, 0) is 20.9 Å². The molecule has 0 aromatic heterocycles. The van der Waals surface area contributed by atoms with Gasteiger partial charge in [-0.3, -0.25) is 9.69 Å². The number of esters is 1. The largest absolute Gasteiger partial charge is 0.573 e. The molecule has 2 aromatic carbocycles. The number of carbonyl (C=O) groups excluding carboxylic acids is 3. The van der Waals surface area contributed by atoms with E-state index in [9.17, 15) is 27.6 Å². The van der Waals surface area contributed by atoms with Gasteiger partial charge in [-0.15, -0.1) is 13.2 Å². The number of hydrogen-bond acceptors (Lipinski definition) is 6. The fourth-order valence-corrected chi connectivity index (χ4v) is 5.97. The van der Waals surface area contributed by atoms with Gasteiger partial charge in [-0.25, -0.2) is 9.59 Å². The number of carbonyl (C=O) groups is 3. The average Bonchev–Trinajstić information content (AvgIpc) is 3.02. The molecule has 0 bridgehead atoms. The minimum absolute atomic E-state index is 0.0756. The van der Waals surface area contributed by atoms with E-state index in [-0.39, 0.29) is 23.9 Å². The summed E-state index contributed by atoms with van der Waals surface area (Å²) in [6.07, 6.45) is 3.26. The quantitative estimate of drug-likeness (QED) is 0.228. The van der Waals surface area contributed by atoms with Crippen molar-refractivity contribution in [2.75, 3.05) is 25.1 Å². The number of halogens is 3. The van der Waals surface area contributed by atoms with E-state index >= 15 is 0 Å². The maximum Gasteiger partial charge on any atom is 0.573 e. The summed E-state index contributed by atoms with van der Waals surface area (Å²) in [4.78, 5) is 37.6. The number of anilines is 1. The van der Waals surface area contributed by atoms with Crippen LogP contribution < -0.4 is 15.0 Å². The van der Waals surface area contributed by atoms with Crippen molar-refractivity contribution in [3.63, 3.8) is 0 Å². The molecule has 12 heteroatoms. The standard InChI is InChI=1S/C28H35F3N2O2.C5H9NO4/c1-3-4-5-22-14-16-27(17-15-22)18-19-32(24-10-12-25(13-11-24)35-28(29,30)31)26(34)33(27)20-23-8-6-21(2)7-9-23;1-10-5(9)4(8)2-6-3-7/h6-13,22H,3-5,14-20H2,1-2H3;3-4,8H,2H2,1H3,(H,6,7). The van der Waals surface area contributed by atoms with Crippen molar-refractivity contribution in [3.05, 3.63) is 59.7 Å².